The molecule has 0 spiro atoms. The molecule has 0 aromatic heterocycles. The van der Waals surface area contributed by atoms with Crippen LogP contribution in [0.5, 0.6) is 0 Å². The van der Waals surface area contributed by atoms with E-state index in [9.17, 15) is 49.1 Å². The molecule has 63 heavy (non-hydrogen) atoms. The second-order valence-electron chi connectivity index (χ2n) is 14.7. The Morgan fingerprint density at radius 3 is 1.67 bits per heavy atom. The molecule has 2 aromatic rings. The van der Waals surface area contributed by atoms with Crippen LogP contribution in [0.3, 0.4) is 0 Å². The van der Waals surface area contributed by atoms with Crippen LogP contribution in [0.1, 0.15) is 56.2 Å². The molecule has 1 aliphatic carbocycles. The summed E-state index contributed by atoms with van der Waals surface area (Å²) in [7, 11) is 0. The Balaban J connectivity index is 0.000000536. The van der Waals surface area contributed by atoms with E-state index in [-0.39, 0.29) is 17.9 Å². The summed E-state index contributed by atoms with van der Waals surface area (Å²) in [4.78, 5) is 61.4. The lowest BCUT2D eigenvalue weighted by Gasteiger charge is -2.44. The van der Waals surface area contributed by atoms with E-state index in [0.717, 1.165) is 44.2 Å². The van der Waals surface area contributed by atoms with Gasteiger partial charge in [0.2, 0.25) is 11.8 Å². The summed E-state index contributed by atoms with van der Waals surface area (Å²) in [6, 6.07) is 15.4. The molecule has 0 bridgehead atoms. The Morgan fingerprint density at radius 2 is 1.22 bits per heavy atom. The zero-order valence-electron chi connectivity index (χ0n) is 34.3. The van der Waals surface area contributed by atoms with Crippen LogP contribution in [0.15, 0.2) is 48.5 Å². The van der Waals surface area contributed by atoms with Crippen LogP contribution >= 0.6 is 11.6 Å². The third-order valence-corrected chi connectivity index (χ3v) is 10.7. The SMILES string of the molecule is CCN(CC)CC(C1CCCC1)N1CCN(C(=O)C(Cc2ccc(Cl)cc2)NC(=O)C2Cc3ccccc3CN2)CC1.O=C(O)C(F)(F)F.O=C(O)C(F)(F)F.O=C(O)C(F)(F)F. The second-order valence-corrected chi connectivity index (χ2v) is 15.1. The zero-order chi connectivity index (χ0) is 47.7. The molecule has 13 nitrogen and oxygen atoms in total. The minimum atomic E-state index is -5.08. The molecule has 3 atom stereocenters. The molecule has 2 amide bonds. The predicted molar refractivity (Wildman–Crippen MR) is 211 cm³/mol. The normalized spacial score (nSPS) is 17.9. The van der Waals surface area contributed by atoms with Crippen molar-refractivity contribution in [3.05, 3.63) is 70.2 Å². The lowest BCUT2D eigenvalue weighted by atomic mass is 9.94. The highest BCUT2D eigenvalue weighted by Crippen LogP contribution is 2.31. The number of hydrogen-bond acceptors (Lipinski definition) is 8. The van der Waals surface area contributed by atoms with Gasteiger partial charge in [0, 0.05) is 56.8 Å². The zero-order valence-corrected chi connectivity index (χ0v) is 35.1. The van der Waals surface area contributed by atoms with Crippen LogP contribution in [0, 0.1) is 5.92 Å². The van der Waals surface area contributed by atoms with Crippen molar-refractivity contribution in [1.82, 2.24) is 25.3 Å². The monoisotopic (exact) mass is 935 g/mol. The van der Waals surface area contributed by atoms with Gasteiger partial charge in [0.25, 0.3) is 0 Å². The van der Waals surface area contributed by atoms with E-state index in [4.69, 9.17) is 41.3 Å². The number of aliphatic carboxylic acids is 3. The van der Waals surface area contributed by atoms with Crippen molar-refractivity contribution in [2.75, 3.05) is 45.8 Å². The van der Waals surface area contributed by atoms with Crippen LogP contribution in [0.25, 0.3) is 0 Å². The van der Waals surface area contributed by atoms with Crippen LogP contribution < -0.4 is 10.6 Å². The summed E-state index contributed by atoms with van der Waals surface area (Å²) in [5.74, 6) is -7.63. The Bertz CT molecular complexity index is 1730. The van der Waals surface area contributed by atoms with Gasteiger partial charge in [0.1, 0.15) is 6.04 Å². The van der Waals surface area contributed by atoms with Gasteiger partial charge in [-0.1, -0.05) is 74.7 Å². The number of carbonyl (C=O) groups is 5. The van der Waals surface area contributed by atoms with E-state index in [1.807, 2.05) is 41.3 Å². The number of carbonyl (C=O) groups excluding carboxylic acids is 2. The fourth-order valence-corrected chi connectivity index (χ4v) is 7.24. The number of amides is 2. The highest BCUT2D eigenvalue weighted by atomic mass is 35.5. The van der Waals surface area contributed by atoms with E-state index >= 15 is 0 Å². The largest absolute Gasteiger partial charge is 0.490 e. The first-order chi connectivity index (χ1) is 29.3. The molecule has 23 heteroatoms. The third kappa shape index (κ3) is 18.9. The summed E-state index contributed by atoms with van der Waals surface area (Å²) in [5.41, 5.74) is 3.40. The number of benzene rings is 2. The van der Waals surface area contributed by atoms with Crippen LogP contribution in [-0.2, 0) is 43.4 Å². The van der Waals surface area contributed by atoms with Gasteiger partial charge in [-0.15, -0.1) is 0 Å². The Labute approximate surface area is 362 Å². The van der Waals surface area contributed by atoms with E-state index in [1.165, 1.54) is 36.8 Å². The predicted octanol–water partition coefficient (Wildman–Crippen LogP) is 6.03. The van der Waals surface area contributed by atoms with Gasteiger partial charge in [-0.2, -0.15) is 39.5 Å². The highest BCUT2D eigenvalue weighted by Gasteiger charge is 2.40. The third-order valence-electron chi connectivity index (χ3n) is 10.5. The molecule has 5 N–H and O–H groups in total. The van der Waals surface area contributed by atoms with Crippen LogP contribution in [0.2, 0.25) is 5.02 Å². The minimum Gasteiger partial charge on any atom is -0.475 e. The lowest BCUT2D eigenvalue weighted by Crippen LogP contribution is -2.60. The number of halogens is 10. The van der Waals surface area contributed by atoms with Crippen molar-refractivity contribution in [3.63, 3.8) is 0 Å². The fraction of sp³-hybridized carbons (Fsp3) is 0.575. The average molecular weight is 936 g/mol. The number of carboxylic acids is 3. The summed E-state index contributed by atoms with van der Waals surface area (Å²) >= 11 is 6.13. The van der Waals surface area contributed by atoms with Gasteiger partial charge in [0.05, 0.1) is 6.04 Å². The number of carboxylic acid groups (broad SMARTS) is 3. The van der Waals surface area contributed by atoms with Gasteiger partial charge in [-0.25, -0.2) is 14.4 Å². The van der Waals surface area contributed by atoms with Gasteiger partial charge in [-0.3, -0.25) is 14.5 Å². The maximum Gasteiger partial charge on any atom is 0.490 e. The number of fused-ring (bicyclic) bond motifs is 1. The summed E-state index contributed by atoms with van der Waals surface area (Å²) < 4.78 is 95.2. The maximum absolute atomic E-state index is 14.0. The molecule has 0 radical (unpaired) electrons. The summed E-state index contributed by atoms with van der Waals surface area (Å²) in [6.45, 7) is 11.6. The first-order valence-corrected chi connectivity index (χ1v) is 20.2. The van der Waals surface area contributed by atoms with Crippen molar-refractivity contribution in [3.8, 4) is 0 Å². The maximum atomic E-state index is 14.0. The van der Waals surface area contributed by atoms with Crippen LogP contribution in [0.4, 0.5) is 39.5 Å². The number of rotatable bonds is 11. The fourth-order valence-electron chi connectivity index (χ4n) is 7.11. The molecule has 354 valence electrons. The molecule has 2 aromatic carbocycles. The van der Waals surface area contributed by atoms with E-state index in [2.05, 4.69) is 46.4 Å². The quantitative estimate of drug-likeness (QED) is 0.166. The molecular weight excluding hydrogens is 885 g/mol. The number of nitrogens with zero attached hydrogens (tertiary/aromatic N) is 3. The summed E-state index contributed by atoms with van der Waals surface area (Å²) in [6.07, 6.45) is -8.87. The molecule has 3 aliphatic rings. The first kappa shape index (κ1) is 54.5. The van der Waals surface area contributed by atoms with E-state index in [1.54, 1.807) is 0 Å². The van der Waals surface area contributed by atoms with Crippen molar-refractivity contribution in [2.45, 2.75) is 95.6 Å². The number of alkyl halides is 9. The lowest BCUT2D eigenvalue weighted by molar-refractivity contribution is -0.193. The first-order valence-electron chi connectivity index (χ1n) is 19.8. The van der Waals surface area contributed by atoms with Gasteiger partial charge in [0.15, 0.2) is 0 Å². The molecule has 2 heterocycles. The second kappa shape index (κ2) is 25.0. The Hall–Kier alpha value is -4.67. The standard InChI is InChI=1S/C34H48ClN5O2.3C2HF3O2/c1-3-38(4-2)24-32(26-9-5-6-10-26)39-17-19-40(20-18-39)34(42)31(21-25-13-15-29(35)16-14-25)37-33(41)30-22-27-11-7-8-12-28(27)23-36-30;3*3-2(4,5)1(6)7/h7-8,11-16,26,30-32,36H,3-6,9-10,17-24H2,1-2H3,(H,37,41);3*(H,6,7). The van der Waals surface area contributed by atoms with Gasteiger partial charge < -0.3 is 35.8 Å². The topological polar surface area (TPSA) is 180 Å². The van der Waals surface area contributed by atoms with Crippen molar-refractivity contribution < 1.29 is 78.8 Å². The smallest absolute Gasteiger partial charge is 0.475 e. The van der Waals surface area contributed by atoms with E-state index in [0.29, 0.717) is 43.5 Å². The number of nitrogens with one attached hydrogen (secondary N) is 2. The van der Waals surface area contributed by atoms with Crippen LogP contribution in [-0.4, -0.2) is 142 Å². The summed E-state index contributed by atoms with van der Waals surface area (Å²) in [5, 5.41) is 28.6. The molecular formula is C40H51ClF9N5O8. The number of piperazine rings is 1. The highest BCUT2D eigenvalue weighted by molar-refractivity contribution is 6.30. The van der Waals surface area contributed by atoms with Gasteiger partial charge in [-0.05, 0) is 67.1 Å². The van der Waals surface area contributed by atoms with Crippen molar-refractivity contribution in [1.29, 1.82) is 0 Å². The van der Waals surface area contributed by atoms with Crippen molar-refractivity contribution in [2.24, 2.45) is 5.92 Å². The molecule has 1 saturated carbocycles. The molecule has 5 rings (SSSR count). The number of likely N-dealkylation sites (N-methyl/N-ethyl adjacent to an activating group) is 1. The van der Waals surface area contributed by atoms with Crippen molar-refractivity contribution >= 4 is 41.3 Å². The molecule has 1 saturated heterocycles. The molecule has 2 fully saturated rings. The molecule has 2 aliphatic heterocycles. The minimum absolute atomic E-state index is 0.00955. The Kier molecular flexibility index (Phi) is 21.6. The average Bonchev–Trinajstić information content (AvgIpc) is 3.76. The Morgan fingerprint density at radius 1 is 0.762 bits per heavy atom. The van der Waals surface area contributed by atoms with Gasteiger partial charge >= 0.3 is 36.4 Å². The van der Waals surface area contributed by atoms with E-state index < -0.39 is 42.5 Å². The number of hydrogen-bond donors (Lipinski definition) is 5. The molecule has 3 unspecified atom stereocenters.